The smallest absolute Gasteiger partial charge is 0.292 e. The fourth-order valence-electron chi connectivity index (χ4n) is 1.72. The average Bonchev–Trinajstić information content (AvgIpc) is 2.37. The van der Waals surface area contributed by atoms with Gasteiger partial charge in [0.1, 0.15) is 16.7 Å². The van der Waals surface area contributed by atoms with Gasteiger partial charge in [0.15, 0.2) is 0 Å². The summed E-state index contributed by atoms with van der Waals surface area (Å²) in [6, 6.07) is 5.59. The number of hydrogen-bond acceptors (Lipinski definition) is 4. The molecule has 1 aromatic carbocycles. The van der Waals surface area contributed by atoms with Crippen molar-refractivity contribution in [2.24, 2.45) is 0 Å². The summed E-state index contributed by atoms with van der Waals surface area (Å²) in [6.45, 7) is 1.65. The van der Waals surface area contributed by atoms with Crippen LogP contribution in [-0.4, -0.2) is 15.8 Å². The molecule has 0 atom stereocenters. The molecule has 0 bridgehead atoms. The number of aromatic nitrogens is 1. The Morgan fingerprint density at radius 2 is 2.10 bits per heavy atom. The van der Waals surface area contributed by atoms with E-state index in [1.807, 2.05) is 0 Å². The third kappa shape index (κ3) is 3.51. The van der Waals surface area contributed by atoms with Gasteiger partial charge in [0.05, 0.1) is 4.92 Å². The van der Waals surface area contributed by atoms with E-state index in [-0.39, 0.29) is 16.4 Å². The Bertz CT molecular complexity index is 716. The van der Waals surface area contributed by atoms with E-state index in [0.29, 0.717) is 5.69 Å². The molecule has 1 amide bonds. The van der Waals surface area contributed by atoms with Crippen molar-refractivity contribution in [1.29, 1.82) is 0 Å². The number of hydrogen-bond donors (Lipinski definition) is 1. The highest BCUT2D eigenvalue weighted by Crippen LogP contribution is 2.25. The van der Waals surface area contributed by atoms with Crippen LogP contribution in [0.2, 0.25) is 5.15 Å². The van der Waals surface area contributed by atoms with Gasteiger partial charge in [-0.25, -0.2) is 9.37 Å². The molecule has 0 unspecified atom stereocenters. The van der Waals surface area contributed by atoms with E-state index in [2.05, 4.69) is 10.3 Å². The molecule has 1 aromatic heterocycles. The number of nitro groups is 1. The van der Waals surface area contributed by atoms with Crippen LogP contribution in [0.25, 0.3) is 0 Å². The lowest BCUT2D eigenvalue weighted by molar-refractivity contribution is -0.384. The molecule has 0 fully saturated rings. The number of carbonyl (C=O) groups is 1. The van der Waals surface area contributed by atoms with Gasteiger partial charge >= 0.3 is 0 Å². The standard InChI is InChI=1S/C13H9ClFN3O3/c1-7-4-8(5-12(14)16-7)13(19)17-10-6-9(15)2-3-11(10)18(20)21/h2-6H,1H3,(H,17,19). The highest BCUT2D eigenvalue weighted by Gasteiger charge is 2.18. The van der Waals surface area contributed by atoms with Gasteiger partial charge in [0.25, 0.3) is 11.6 Å². The van der Waals surface area contributed by atoms with E-state index in [0.717, 1.165) is 18.2 Å². The lowest BCUT2D eigenvalue weighted by Crippen LogP contribution is -2.14. The second-order valence-electron chi connectivity index (χ2n) is 4.19. The molecule has 2 aromatic rings. The van der Waals surface area contributed by atoms with E-state index in [9.17, 15) is 19.3 Å². The average molecular weight is 310 g/mol. The number of anilines is 1. The molecule has 0 saturated carbocycles. The Hall–Kier alpha value is -2.54. The molecule has 8 heteroatoms. The molecule has 108 valence electrons. The maximum Gasteiger partial charge on any atom is 0.292 e. The highest BCUT2D eigenvalue weighted by molar-refractivity contribution is 6.29. The van der Waals surface area contributed by atoms with Crippen molar-refractivity contribution in [1.82, 2.24) is 4.98 Å². The number of benzene rings is 1. The summed E-state index contributed by atoms with van der Waals surface area (Å²) in [5.41, 5.74) is 0.0599. The first-order chi connectivity index (χ1) is 9.86. The third-order valence-electron chi connectivity index (χ3n) is 2.59. The number of nitro benzene ring substituents is 1. The van der Waals surface area contributed by atoms with Gasteiger partial charge in [-0.1, -0.05) is 11.6 Å². The van der Waals surface area contributed by atoms with Crippen molar-refractivity contribution in [3.8, 4) is 0 Å². The molecular weight excluding hydrogens is 301 g/mol. The second-order valence-corrected chi connectivity index (χ2v) is 4.58. The molecule has 1 N–H and O–H groups in total. The van der Waals surface area contributed by atoms with E-state index in [1.54, 1.807) is 6.92 Å². The Kier molecular flexibility index (Phi) is 4.13. The maximum absolute atomic E-state index is 13.2. The first-order valence-electron chi connectivity index (χ1n) is 5.76. The zero-order valence-electron chi connectivity index (χ0n) is 10.8. The van der Waals surface area contributed by atoms with Crippen LogP contribution in [0.15, 0.2) is 30.3 Å². The van der Waals surface area contributed by atoms with E-state index < -0.39 is 22.3 Å². The molecule has 0 radical (unpaired) electrons. The zero-order valence-corrected chi connectivity index (χ0v) is 11.5. The molecule has 2 rings (SSSR count). The Labute approximate surface area is 123 Å². The van der Waals surface area contributed by atoms with Crippen LogP contribution < -0.4 is 5.32 Å². The van der Waals surface area contributed by atoms with Gasteiger partial charge in [-0.15, -0.1) is 0 Å². The molecule has 0 aliphatic carbocycles. The predicted molar refractivity (Wildman–Crippen MR) is 75.0 cm³/mol. The van der Waals surface area contributed by atoms with Gasteiger partial charge in [0, 0.05) is 23.4 Å². The van der Waals surface area contributed by atoms with E-state index >= 15 is 0 Å². The molecule has 0 spiro atoms. The quantitative estimate of drug-likeness (QED) is 0.535. The highest BCUT2D eigenvalue weighted by atomic mass is 35.5. The van der Waals surface area contributed by atoms with Crippen LogP contribution in [-0.2, 0) is 0 Å². The van der Waals surface area contributed by atoms with Gasteiger partial charge in [-0.05, 0) is 25.1 Å². The van der Waals surface area contributed by atoms with E-state index in [1.165, 1.54) is 12.1 Å². The van der Waals surface area contributed by atoms with Crippen molar-refractivity contribution in [3.63, 3.8) is 0 Å². The summed E-state index contributed by atoms with van der Waals surface area (Å²) in [6.07, 6.45) is 0. The van der Waals surface area contributed by atoms with Crippen molar-refractivity contribution < 1.29 is 14.1 Å². The normalized spacial score (nSPS) is 10.2. The number of amides is 1. The number of nitrogens with one attached hydrogen (secondary N) is 1. The summed E-state index contributed by atoms with van der Waals surface area (Å²) < 4.78 is 13.2. The first kappa shape index (κ1) is 14.9. The number of halogens is 2. The largest absolute Gasteiger partial charge is 0.316 e. The lowest BCUT2D eigenvalue weighted by atomic mass is 10.2. The van der Waals surface area contributed by atoms with Crippen LogP contribution in [0.5, 0.6) is 0 Å². The number of aryl methyl sites for hydroxylation is 1. The van der Waals surface area contributed by atoms with Crippen LogP contribution in [0.4, 0.5) is 15.8 Å². The van der Waals surface area contributed by atoms with Crippen LogP contribution in [0.3, 0.4) is 0 Å². The van der Waals surface area contributed by atoms with Gasteiger partial charge < -0.3 is 5.32 Å². The number of nitrogens with zero attached hydrogens (tertiary/aromatic N) is 2. The molecule has 6 nitrogen and oxygen atoms in total. The molecule has 0 aliphatic rings. The minimum absolute atomic E-state index is 0.119. The minimum Gasteiger partial charge on any atom is -0.316 e. The Morgan fingerprint density at radius 3 is 2.71 bits per heavy atom. The maximum atomic E-state index is 13.2. The summed E-state index contributed by atoms with van der Waals surface area (Å²) in [4.78, 5) is 26.1. The summed E-state index contributed by atoms with van der Waals surface area (Å²) in [5, 5.41) is 13.3. The summed E-state index contributed by atoms with van der Waals surface area (Å²) >= 11 is 5.74. The third-order valence-corrected chi connectivity index (χ3v) is 2.78. The van der Waals surface area contributed by atoms with Gasteiger partial charge in [0.2, 0.25) is 0 Å². The fraction of sp³-hybridized carbons (Fsp3) is 0.0769. The predicted octanol–water partition coefficient (Wildman–Crippen LogP) is 3.34. The Morgan fingerprint density at radius 1 is 1.38 bits per heavy atom. The van der Waals surface area contributed by atoms with Crippen LogP contribution >= 0.6 is 11.6 Å². The molecule has 0 aliphatic heterocycles. The number of pyridine rings is 1. The SMILES string of the molecule is Cc1cc(C(=O)Nc2cc(F)ccc2[N+](=O)[O-])cc(Cl)n1. The number of rotatable bonds is 3. The van der Waals surface area contributed by atoms with Crippen molar-refractivity contribution in [2.75, 3.05) is 5.32 Å². The number of carbonyl (C=O) groups excluding carboxylic acids is 1. The molecule has 0 saturated heterocycles. The summed E-state index contributed by atoms with van der Waals surface area (Å²) in [7, 11) is 0. The van der Waals surface area contributed by atoms with Crippen molar-refractivity contribution >= 4 is 28.9 Å². The molecule has 1 heterocycles. The lowest BCUT2D eigenvalue weighted by Gasteiger charge is -2.07. The topological polar surface area (TPSA) is 85.1 Å². The molecular formula is C13H9ClFN3O3. The first-order valence-corrected chi connectivity index (χ1v) is 6.14. The fourth-order valence-corrected chi connectivity index (χ4v) is 1.97. The molecule has 21 heavy (non-hydrogen) atoms. The minimum atomic E-state index is -0.709. The summed E-state index contributed by atoms with van der Waals surface area (Å²) in [5.74, 6) is -1.34. The van der Waals surface area contributed by atoms with Gasteiger partial charge in [-0.2, -0.15) is 0 Å². The van der Waals surface area contributed by atoms with Crippen LogP contribution in [0, 0.1) is 22.9 Å². The Balaban J connectivity index is 2.35. The van der Waals surface area contributed by atoms with Crippen molar-refractivity contribution in [3.05, 3.63) is 62.7 Å². The van der Waals surface area contributed by atoms with Gasteiger partial charge in [-0.3, -0.25) is 14.9 Å². The van der Waals surface area contributed by atoms with Crippen LogP contribution in [0.1, 0.15) is 16.1 Å². The van der Waals surface area contributed by atoms with E-state index in [4.69, 9.17) is 11.6 Å². The monoisotopic (exact) mass is 309 g/mol. The van der Waals surface area contributed by atoms with Crippen molar-refractivity contribution in [2.45, 2.75) is 6.92 Å². The second kappa shape index (κ2) is 5.84. The zero-order chi connectivity index (χ0) is 15.6.